The first-order valence-electron chi connectivity index (χ1n) is 5.18. The molecule has 17 heavy (non-hydrogen) atoms. The summed E-state index contributed by atoms with van der Waals surface area (Å²) in [7, 11) is 0. The van der Waals surface area contributed by atoms with Gasteiger partial charge in [0.15, 0.2) is 0 Å². The number of nitrogens with zero attached hydrogens (tertiary/aromatic N) is 1. The fourth-order valence-corrected chi connectivity index (χ4v) is 1.85. The second-order valence-electron chi connectivity index (χ2n) is 3.66. The van der Waals surface area contributed by atoms with Gasteiger partial charge in [0, 0.05) is 5.56 Å². The standard InChI is InChI=1S/C13H11ClN2O/c1-3-4-9-5-6-10-12(8(9)2)15-11(7-14)16-13(10)17/h5-6H,7H2,1-2H3,(H,15,16,17). The van der Waals surface area contributed by atoms with Gasteiger partial charge >= 0.3 is 0 Å². The zero-order valence-corrected chi connectivity index (χ0v) is 10.4. The third-order valence-corrected chi connectivity index (χ3v) is 2.82. The molecule has 2 aromatic rings. The molecule has 1 N–H and O–H groups in total. The van der Waals surface area contributed by atoms with E-state index >= 15 is 0 Å². The van der Waals surface area contributed by atoms with E-state index in [4.69, 9.17) is 11.6 Å². The number of aromatic amines is 1. The van der Waals surface area contributed by atoms with Crippen LogP contribution < -0.4 is 5.56 Å². The van der Waals surface area contributed by atoms with Crippen molar-refractivity contribution < 1.29 is 0 Å². The molecular formula is C13H11ClN2O. The highest BCUT2D eigenvalue weighted by Crippen LogP contribution is 2.17. The molecular weight excluding hydrogens is 236 g/mol. The average Bonchev–Trinajstić information content (AvgIpc) is 2.33. The molecule has 0 bridgehead atoms. The van der Waals surface area contributed by atoms with E-state index in [1.165, 1.54) is 0 Å². The van der Waals surface area contributed by atoms with Crippen LogP contribution in [0.3, 0.4) is 0 Å². The number of H-pyrrole nitrogens is 1. The van der Waals surface area contributed by atoms with Crippen LogP contribution in [0.4, 0.5) is 0 Å². The SMILES string of the molecule is CC#Cc1ccc2c(=O)[nH]c(CCl)nc2c1C. The number of benzene rings is 1. The van der Waals surface area contributed by atoms with Crippen LogP contribution in [-0.2, 0) is 5.88 Å². The third kappa shape index (κ3) is 2.04. The first-order chi connectivity index (χ1) is 8.17. The van der Waals surface area contributed by atoms with Gasteiger partial charge in [0.2, 0.25) is 0 Å². The smallest absolute Gasteiger partial charge is 0.258 e. The van der Waals surface area contributed by atoms with E-state index in [9.17, 15) is 4.79 Å². The Morgan fingerprint density at radius 1 is 1.47 bits per heavy atom. The zero-order valence-electron chi connectivity index (χ0n) is 9.60. The predicted molar refractivity (Wildman–Crippen MR) is 69.2 cm³/mol. The fourth-order valence-electron chi connectivity index (χ4n) is 1.72. The minimum atomic E-state index is -0.162. The lowest BCUT2D eigenvalue weighted by Gasteiger charge is -2.04. The first kappa shape index (κ1) is 11.7. The highest BCUT2D eigenvalue weighted by Gasteiger charge is 2.08. The fraction of sp³-hybridized carbons (Fsp3) is 0.231. The molecule has 2 rings (SSSR count). The minimum absolute atomic E-state index is 0.162. The molecule has 0 aliphatic heterocycles. The van der Waals surface area contributed by atoms with Gasteiger partial charge in [-0.1, -0.05) is 5.92 Å². The summed E-state index contributed by atoms with van der Waals surface area (Å²) in [5, 5.41) is 0.568. The Kier molecular flexibility index (Phi) is 3.16. The maximum absolute atomic E-state index is 11.8. The van der Waals surface area contributed by atoms with Crippen LogP contribution in [0.1, 0.15) is 23.9 Å². The number of fused-ring (bicyclic) bond motifs is 1. The molecule has 1 aromatic heterocycles. The molecule has 1 aromatic carbocycles. The Morgan fingerprint density at radius 2 is 2.24 bits per heavy atom. The van der Waals surface area contributed by atoms with Crippen molar-refractivity contribution >= 4 is 22.5 Å². The number of halogens is 1. The Morgan fingerprint density at radius 3 is 2.88 bits per heavy atom. The molecule has 0 unspecified atom stereocenters. The number of nitrogens with one attached hydrogen (secondary N) is 1. The van der Waals surface area contributed by atoms with Crippen molar-refractivity contribution in [2.45, 2.75) is 19.7 Å². The normalized spacial score (nSPS) is 10.1. The monoisotopic (exact) mass is 246 g/mol. The average molecular weight is 247 g/mol. The number of aryl methyl sites for hydroxylation is 1. The van der Waals surface area contributed by atoms with E-state index < -0.39 is 0 Å². The Balaban J connectivity index is 2.87. The van der Waals surface area contributed by atoms with Crippen LogP contribution in [-0.4, -0.2) is 9.97 Å². The van der Waals surface area contributed by atoms with Gasteiger partial charge in [-0.15, -0.1) is 17.5 Å². The topological polar surface area (TPSA) is 45.8 Å². The van der Waals surface area contributed by atoms with Gasteiger partial charge < -0.3 is 4.98 Å². The molecule has 0 saturated heterocycles. The largest absolute Gasteiger partial charge is 0.309 e. The van der Waals surface area contributed by atoms with Crippen molar-refractivity contribution in [1.29, 1.82) is 0 Å². The summed E-state index contributed by atoms with van der Waals surface area (Å²) < 4.78 is 0. The maximum Gasteiger partial charge on any atom is 0.258 e. The molecule has 0 fully saturated rings. The summed E-state index contributed by atoms with van der Waals surface area (Å²) in [4.78, 5) is 18.8. The Labute approximate surface area is 104 Å². The summed E-state index contributed by atoms with van der Waals surface area (Å²) in [6.45, 7) is 3.69. The molecule has 0 amide bonds. The second kappa shape index (κ2) is 4.60. The Hall–Kier alpha value is -1.79. The van der Waals surface area contributed by atoms with E-state index in [1.54, 1.807) is 13.0 Å². The van der Waals surface area contributed by atoms with Gasteiger partial charge in [-0.3, -0.25) is 4.79 Å². The van der Waals surface area contributed by atoms with Crippen molar-refractivity contribution in [1.82, 2.24) is 9.97 Å². The summed E-state index contributed by atoms with van der Waals surface area (Å²) in [6, 6.07) is 3.58. The summed E-state index contributed by atoms with van der Waals surface area (Å²) in [5.74, 6) is 6.50. The molecule has 1 heterocycles. The number of alkyl halides is 1. The Bertz CT molecular complexity index is 692. The van der Waals surface area contributed by atoms with Gasteiger partial charge in [-0.25, -0.2) is 4.98 Å². The molecule has 0 aliphatic carbocycles. The number of hydrogen-bond donors (Lipinski definition) is 1. The summed E-state index contributed by atoms with van der Waals surface area (Å²) in [5.41, 5.74) is 2.31. The quantitative estimate of drug-likeness (QED) is 0.620. The van der Waals surface area contributed by atoms with Gasteiger partial charge in [0.25, 0.3) is 5.56 Å². The van der Waals surface area contributed by atoms with Gasteiger partial charge in [-0.2, -0.15) is 0 Å². The second-order valence-corrected chi connectivity index (χ2v) is 3.92. The van der Waals surface area contributed by atoms with Gasteiger partial charge in [0.1, 0.15) is 5.82 Å². The van der Waals surface area contributed by atoms with Crippen molar-refractivity contribution in [3.8, 4) is 11.8 Å². The number of rotatable bonds is 1. The summed E-state index contributed by atoms with van der Waals surface area (Å²) in [6.07, 6.45) is 0. The van der Waals surface area contributed by atoms with E-state index in [2.05, 4.69) is 21.8 Å². The van der Waals surface area contributed by atoms with E-state index in [0.29, 0.717) is 16.7 Å². The molecule has 0 atom stereocenters. The van der Waals surface area contributed by atoms with Crippen LogP contribution in [0, 0.1) is 18.8 Å². The molecule has 4 heteroatoms. The molecule has 3 nitrogen and oxygen atoms in total. The van der Waals surface area contributed by atoms with Crippen LogP contribution in [0.5, 0.6) is 0 Å². The van der Waals surface area contributed by atoms with Crippen molar-refractivity contribution in [3.05, 3.63) is 39.4 Å². The minimum Gasteiger partial charge on any atom is -0.309 e. The highest BCUT2D eigenvalue weighted by molar-refractivity contribution is 6.16. The maximum atomic E-state index is 11.8. The van der Waals surface area contributed by atoms with Crippen LogP contribution >= 0.6 is 11.6 Å². The van der Waals surface area contributed by atoms with Gasteiger partial charge in [0.05, 0.1) is 16.8 Å². The molecule has 0 saturated carbocycles. The molecule has 86 valence electrons. The molecule has 0 radical (unpaired) electrons. The van der Waals surface area contributed by atoms with Gasteiger partial charge in [-0.05, 0) is 31.5 Å². The lowest BCUT2D eigenvalue weighted by atomic mass is 10.1. The third-order valence-electron chi connectivity index (χ3n) is 2.57. The first-order valence-corrected chi connectivity index (χ1v) is 5.72. The van der Waals surface area contributed by atoms with Crippen molar-refractivity contribution in [3.63, 3.8) is 0 Å². The van der Waals surface area contributed by atoms with Crippen LogP contribution in [0.2, 0.25) is 0 Å². The van der Waals surface area contributed by atoms with Crippen molar-refractivity contribution in [2.24, 2.45) is 0 Å². The van der Waals surface area contributed by atoms with Crippen LogP contribution in [0.15, 0.2) is 16.9 Å². The molecule has 0 spiro atoms. The molecule has 0 aliphatic rings. The van der Waals surface area contributed by atoms with Crippen LogP contribution in [0.25, 0.3) is 10.9 Å². The number of hydrogen-bond acceptors (Lipinski definition) is 2. The van der Waals surface area contributed by atoms with E-state index in [1.807, 2.05) is 13.0 Å². The lowest BCUT2D eigenvalue weighted by molar-refractivity contribution is 1.03. The lowest BCUT2D eigenvalue weighted by Crippen LogP contribution is -2.12. The highest BCUT2D eigenvalue weighted by atomic mass is 35.5. The van der Waals surface area contributed by atoms with E-state index in [0.717, 1.165) is 11.1 Å². The van der Waals surface area contributed by atoms with Crippen molar-refractivity contribution in [2.75, 3.05) is 0 Å². The predicted octanol–water partition coefficient (Wildman–Crippen LogP) is 2.34. The number of aromatic nitrogens is 2. The van der Waals surface area contributed by atoms with E-state index in [-0.39, 0.29) is 11.4 Å². The summed E-state index contributed by atoms with van der Waals surface area (Å²) >= 11 is 5.69. The zero-order chi connectivity index (χ0) is 12.4.